The second-order valence-electron chi connectivity index (χ2n) is 6.77. The number of nitrogens with zero attached hydrogens (tertiary/aromatic N) is 3. The van der Waals surface area contributed by atoms with Crippen LogP contribution in [0.2, 0.25) is 0 Å². The van der Waals surface area contributed by atoms with Crippen molar-refractivity contribution >= 4 is 0 Å². The molecule has 0 saturated heterocycles. The standard InChI is InChI=1S/C21H34N4O3/c1-4-24(5-2)15-19(26)16-28-20-8-7-18(13-21(20)27-3)14-22-9-6-11-25-12-10-23-17-25/h7-8,10,12-13,17,19,22,26H,4-6,9,11,14-16H2,1-3H3/t19-/m0/s1. The monoisotopic (exact) mass is 390 g/mol. The van der Waals surface area contributed by atoms with Crippen molar-refractivity contribution in [3.05, 3.63) is 42.5 Å². The molecule has 2 aromatic rings. The third kappa shape index (κ3) is 7.50. The number of aryl methyl sites for hydroxylation is 1. The first-order chi connectivity index (χ1) is 13.7. The molecule has 7 nitrogen and oxygen atoms in total. The van der Waals surface area contributed by atoms with Crippen molar-refractivity contribution in [3.8, 4) is 11.5 Å². The molecule has 1 atom stereocenters. The first kappa shape index (κ1) is 22.2. The summed E-state index contributed by atoms with van der Waals surface area (Å²) >= 11 is 0. The Morgan fingerprint density at radius 1 is 1.25 bits per heavy atom. The molecule has 2 N–H and O–H groups in total. The Kier molecular flexibility index (Phi) is 9.82. The summed E-state index contributed by atoms with van der Waals surface area (Å²) in [4.78, 5) is 6.22. The molecule has 1 aromatic carbocycles. The highest BCUT2D eigenvalue weighted by atomic mass is 16.5. The van der Waals surface area contributed by atoms with Crippen LogP contribution >= 0.6 is 0 Å². The number of rotatable bonds is 14. The number of hydrogen-bond donors (Lipinski definition) is 2. The quantitative estimate of drug-likeness (QED) is 0.482. The van der Waals surface area contributed by atoms with Crippen molar-refractivity contribution in [3.63, 3.8) is 0 Å². The maximum Gasteiger partial charge on any atom is 0.161 e. The molecule has 156 valence electrons. The van der Waals surface area contributed by atoms with Crippen molar-refractivity contribution in [2.45, 2.75) is 39.5 Å². The van der Waals surface area contributed by atoms with Gasteiger partial charge in [-0.2, -0.15) is 0 Å². The number of aromatic nitrogens is 2. The third-order valence-electron chi connectivity index (χ3n) is 4.68. The van der Waals surface area contributed by atoms with E-state index < -0.39 is 6.10 Å². The van der Waals surface area contributed by atoms with Crippen molar-refractivity contribution in [1.29, 1.82) is 0 Å². The average Bonchev–Trinajstić information content (AvgIpc) is 3.24. The predicted molar refractivity (Wildman–Crippen MR) is 111 cm³/mol. The van der Waals surface area contributed by atoms with E-state index >= 15 is 0 Å². The minimum atomic E-state index is -0.526. The molecule has 0 saturated carbocycles. The van der Waals surface area contributed by atoms with E-state index in [1.165, 1.54) is 0 Å². The lowest BCUT2D eigenvalue weighted by atomic mass is 10.2. The van der Waals surface area contributed by atoms with Gasteiger partial charge in [-0.15, -0.1) is 0 Å². The lowest BCUT2D eigenvalue weighted by Gasteiger charge is -2.22. The number of nitrogens with one attached hydrogen (secondary N) is 1. The second kappa shape index (κ2) is 12.4. The van der Waals surface area contributed by atoms with E-state index in [4.69, 9.17) is 9.47 Å². The fourth-order valence-corrected chi connectivity index (χ4v) is 3.00. The Morgan fingerprint density at radius 2 is 2.07 bits per heavy atom. The van der Waals surface area contributed by atoms with Gasteiger partial charge in [0.1, 0.15) is 12.7 Å². The highest BCUT2D eigenvalue weighted by Gasteiger charge is 2.12. The minimum absolute atomic E-state index is 0.249. The number of hydrogen-bond acceptors (Lipinski definition) is 6. The van der Waals surface area contributed by atoms with E-state index in [1.807, 2.05) is 30.7 Å². The molecule has 0 aliphatic carbocycles. The van der Waals surface area contributed by atoms with Crippen LogP contribution in [0.5, 0.6) is 11.5 Å². The van der Waals surface area contributed by atoms with E-state index in [1.54, 1.807) is 13.3 Å². The van der Waals surface area contributed by atoms with Crippen molar-refractivity contribution in [2.75, 3.05) is 39.9 Å². The molecule has 1 aromatic heterocycles. The first-order valence-corrected chi connectivity index (χ1v) is 10.0. The molecule has 0 aliphatic heterocycles. The molecule has 0 spiro atoms. The Morgan fingerprint density at radius 3 is 2.75 bits per heavy atom. The number of likely N-dealkylation sites (N-methyl/N-ethyl adjacent to an activating group) is 1. The van der Waals surface area contributed by atoms with Gasteiger partial charge in [0.2, 0.25) is 0 Å². The van der Waals surface area contributed by atoms with E-state index in [9.17, 15) is 5.11 Å². The van der Waals surface area contributed by atoms with Crippen LogP contribution in [0, 0.1) is 0 Å². The summed E-state index contributed by atoms with van der Waals surface area (Å²) in [6.07, 6.45) is 6.12. The smallest absolute Gasteiger partial charge is 0.161 e. The van der Waals surface area contributed by atoms with Gasteiger partial charge in [-0.3, -0.25) is 0 Å². The zero-order chi connectivity index (χ0) is 20.2. The topological polar surface area (TPSA) is 71.8 Å². The molecule has 1 heterocycles. The normalized spacial score (nSPS) is 12.3. The van der Waals surface area contributed by atoms with Crippen LogP contribution in [0.15, 0.2) is 36.9 Å². The number of methoxy groups -OCH3 is 1. The summed E-state index contributed by atoms with van der Waals surface area (Å²) in [5.41, 5.74) is 1.13. The molecule has 28 heavy (non-hydrogen) atoms. The van der Waals surface area contributed by atoms with E-state index in [0.29, 0.717) is 18.0 Å². The van der Waals surface area contributed by atoms with E-state index in [-0.39, 0.29) is 6.61 Å². The SMILES string of the molecule is CCN(CC)C[C@H](O)COc1ccc(CNCCCn2ccnc2)cc1OC. The first-order valence-electron chi connectivity index (χ1n) is 10.0. The summed E-state index contributed by atoms with van der Waals surface area (Å²) in [6, 6.07) is 5.91. The van der Waals surface area contributed by atoms with Gasteiger partial charge < -0.3 is 29.4 Å². The van der Waals surface area contributed by atoms with Gasteiger partial charge in [-0.1, -0.05) is 19.9 Å². The fraction of sp³-hybridized carbons (Fsp3) is 0.571. The number of benzene rings is 1. The van der Waals surface area contributed by atoms with Gasteiger partial charge in [-0.25, -0.2) is 4.98 Å². The molecule has 0 fully saturated rings. The number of aliphatic hydroxyl groups excluding tert-OH is 1. The molecule has 7 heteroatoms. The van der Waals surface area contributed by atoms with Crippen LogP contribution in [0.25, 0.3) is 0 Å². The average molecular weight is 391 g/mol. The summed E-state index contributed by atoms with van der Waals surface area (Å²) < 4.78 is 13.3. The van der Waals surface area contributed by atoms with Crippen molar-refractivity contribution < 1.29 is 14.6 Å². The van der Waals surface area contributed by atoms with Crippen LogP contribution in [0.3, 0.4) is 0 Å². The lowest BCUT2D eigenvalue weighted by Crippen LogP contribution is -2.35. The molecule has 0 aliphatic rings. The fourth-order valence-electron chi connectivity index (χ4n) is 3.00. The van der Waals surface area contributed by atoms with Crippen LogP contribution in [0.1, 0.15) is 25.8 Å². The van der Waals surface area contributed by atoms with Gasteiger partial charge in [0.15, 0.2) is 11.5 Å². The highest BCUT2D eigenvalue weighted by Crippen LogP contribution is 2.28. The molecular formula is C21H34N4O3. The number of ether oxygens (including phenoxy) is 2. The Balaban J connectivity index is 1.75. The van der Waals surface area contributed by atoms with Crippen molar-refractivity contribution in [2.24, 2.45) is 0 Å². The van der Waals surface area contributed by atoms with Gasteiger partial charge in [0.05, 0.1) is 13.4 Å². The van der Waals surface area contributed by atoms with Gasteiger partial charge in [0.25, 0.3) is 0 Å². The number of imidazole rings is 1. The summed E-state index contributed by atoms with van der Waals surface area (Å²) in [5, 5.41) is 13.6. The summed E-state index contributed by atoms with van der Waals surface area (Å²) in [6.45, 7) is 9.52. The molecule has 0 radical (unpaired) electrons. The van der Waals surface area contributed by atoms with Crippen molar-refractivity contribution in [1.82, 2.24) is 19.8 Å². The van der Waals surface area contributed by atoms with Gasteiger partial charge in [0, 0.05) is 32.0 Å². The van der Waals surface area contributed by atoms with Crippen LogP contribution < -0.4 is 14.8 Å². The molecule has 0 unspecified atom stereocenters. The third-order valence-corrected chi connectivity index (χ3v) is 4.68. The zero-order valence-electron chi connectivity index (χ0n) is 17.3. The molecule has 0 amide bonds. The highest BCUT2D eigenvalue weighted by molar-refractivity contribution is 5.43. The predicted octanol–water partition coefficient (Wildman–Crippen LogP) is 2.15. The lowest BCUT2D eigenvalue weighted by molar-refractivity contribution is 0.0705. The Bertz CT molecular complexity index is 660. The maximum atomic E-state index is 10.2. The maximum absolute atomic E-state index is 10.2. The molecule has 0 bridgehead atoms. The second-order valence-corrected chi connectivity index (χ2v) is 6.77. The zero-order valence-corrected chi connectivity index (χ0v) is 17.3. The Hall–Kier alpha value is -2.09. The largest absolute Gasteiger partial charge is 0.493 e. The van der Waals surface area contributed by atoms with Gasteiger partial charge >= 0.3 is 0 Å². The summed E-state index contributed by atoms with van der Waals surface area (Å²) in [7, 11) is 1.64. The van der Waals surface area contributed by atoms with Crippen LogP contribution in [-0.2, 0) is 13.1 Å². The van der Waals surface area contributed by atoms with Crippen LogP contribution in [-0.4, -0.2) is 65.6 Å². The Labute approximate surface area is 168 Å². The molecular weight excluding hydrogens is 356 g/mol. The number of aliphatic hydroxyl groups is 1. The summed E-state index contributed by atoms with van der Waals surface area (Å²) in [5.74, 6) is 1.35. The van der Waals surface area contributed by atoms with Gasteiger partial charge in [-0.05, 0) is 43.8 Å². The van der Waals surface area contributed by atoms with E-state index in [2.05, 4.69) is 33.6 Å². The van der Waals surface area contributed by atoms with E-state index in [0.717, 1.165) is 44.7 Å². The van der Waals surface area contributed by atoms with Crippen LogP contribution in [0.4, 0.5) is 0 Å². The minimum Gasteiger partial charge on any atom is -0.493 e. The molecule has 2 rings (SSSR count).